The molecule has 1 aromatic heterocycles. The van der Waals surface area contributed by atoms with E-state index >= 15 is 0 Å². The molecular weight excluding hydrogens is 320 g/mol. The SMILES string of the molecule is CC(C)Cc1nc(SCC(=O)Nc2cccc3ccccc23)n[nH]1. The summed E-state index contributed by atoms with van der Waals surface area (Å²) in [7, 11) is 0. The highest BCUT2D eigenvalue weighted by molar-refractivity contribution is 7.99. The first-order valence-corrected chi connectivity index (χ1v) is 8.92. The van der Waals surface area contributed by atoms with Gasteiger partial charge in [0.2, 0.25) is 11.1 Å². The zero-order chi connectivity index (χ0) is 16.9. The van der Waals surface area contributed by atoms with Crippen molar-refractivity contribution in [3.8, 4) is 0 Å². The highest BCUT2D eigenvalue weighted by atomic mass is 32.2. The smallest absolute Gasteiger partial charge is 0.234 e. The first-order valence-electron chi connectivity index (χ1n) is 7.93. The van der Waals surface area contributed by atoms with Crippen molar-refractivity contribution in [2.24, 2.45) is 5.92 Å². The third-order valence-electron chi connectivity index (χ3n) is 3.51. The molecule has 124 valence electrons. The van der Waals surface area contributed by atoms with Gasteiger partial charge in [0.05, 0.1) is 5.75 Å². The number of H-pyrrole nitrogens is 1. The summed E-state index contributed by atoms with van der Waals surface area (Å²) < 4.78 is 0. The largest absolute Gasteiger partial charge is 0.325 e. The summed E-state index contributed by atoms with van der Waals surface area (Å²) in [5.74, 6) is 1.60. The molecule has 24 heavy (non-hydrogen) atoms. The molecule has 0 saturated heterocycles. The Kier molecular flexibility index (Phi) is 5.15. The summed E-state index contributed by atoms with van der Waals surface area (Å²) in [6, 6.07) is 13.9. The molecule has 0 bridgehead atoms. The average Bonchev–Trinajstić information content (AvgIpc) is 3.00. The number of anilines is 1. The van der Waals surface area contributed by atoms with Gasteiger partial charge in [0.1, 0.15) is 5.82 Å². The lowest BCUT2D eigenvalue weighted by molar-refractivity contribution is -0.113. The maximum atomic E-state index is 12.2. The number of nitrogens with zero attached hydrogens (tertiary/aromatic N) is 2. The Morgan fingerprint density at radius 3 is 2.83 bits per heavy atom. The van der Waals surface area contributed by atoms with Gasteiger partial charge in [-0.05, 0) is 17.4 Å². The van der Waals surface area contributed by atoms with Gasteiger partial charge in [-0.15, -0.1) is 5.10 Å². The summed E-state index contributed by atoms with van der Waals surface area (Å²) in [4.78, 5) is 16.6. The van der Waals surface area contributed by atoms with Crippen LogP contribution in [0.1, 0.15) is 19.7 Å². The van der Waals surface area contributed by atoms with Gasteiger partial charge in [-0.2, -0.15) is 0 Å². The predicted molar refractivity (Wildman–Crippen MR) is 98.2 cm³/mol. The summed E-state index contributed by atoms with van der Waals surface area (Å²) in [6.45, 7) is 4.26. The summed E-state index contributed by atoms with van der Waals surface area (Å²) in [5, 5.41) is 12.8. The minimum Gasteiger partial charge on any atom is -0.325 e. The van der Waals surface area contributed by atoms with Gasteiger partial charge in [-0.25, -0.2) is 4.98 Å². The first kappa shape index (κ1) is 16.5. The second-order valence-corrected chi connectivity index (χ2v) is 6.97. The fourth-order valence-corrected chi connectivity index (χ4v) is 3.09. The van der Waals surface area contributed by atoms with E-state index in [1.54, 1.807) is 0 Å². The predicted octanol–water partition coefficient (Wildman–Crippen LogP) is 3.89. The lowest BCUT2D eigenvalue weighted by atomic mass is 10.1. The molecule has 2 N–H and O–H groups in total. The van der Waals surface area contributed by atoms with Crippen molar-refractivity contribution in [1.29, 1.82) is 0 Å². The van der Waals surface area contributed by atoms with Crippen molar-refractivity contribution in [3.63, 3.8) is 0 Å². The lowest BCUT2D eigenvalue weighted by Crippen LogP contribution is -2.14. The Hall–Kier alpha value is -2.34. The fraction of sp³-hybridized carbons (Fsp3) is 0.278. The molecule has 0 unspecified atom stereocenters. The van der Waals surface area contributed by atoms with E-state index in [-0.39, 0.29) is 11.7 Å². The summed E-state index contributed by atoms with van der Waals surface area (Å²) >= 11 is 1.34. The van der Waals surface area contributed by atoms with E-state index in [2.05, 4.69) is 34.3 Å². The highest BCUT2D eigenvalue weighted by Gasteiger charge is 2.10. The standard InChI is InChI=1S/C18H20N4OS/c1-12(2)10-16-20-18(22-21-16)24-11-17(23)19-15-9-5-7-13-6-3-4-8-14(13)15/h3-9,12H,10-11H2,1-2H3,(H,19,23)(H,20,21,22). The van der Waals surface area contributed by atoms with Crippen molar-refractivity contribution in [2.45, 2.75) is 25.4 Å². The molecule has 6 heteroatoms. The lowest BCUT2D eigenvalue weighted by Gasteiger charge is -2.08. The zero-order valence-corrected chi connectivity index (χ0v) is 14.6. The van der Waals surface area contributed by atoms with E-state index in [9.17, 15) is 4.79 Å². The molecule has 0 aliphatic carbocycles. The average molecular weight is 340 g/mol. The van der Waals surface area contributed by atoms with Gasteiger partial charge in [-0.3, -0.25) is 9.89 Å². The van der Waals surface area contributed by atoms with Gasteiger partial charge in [-0.1, -0.05) is 62.0 Å². The van der Waals surface area contributed by atoms with Crippen molar-refractivity contribution < 1.29 is 4.79 Å². The minimum absolute atomic E-state index is 0.0634. The molecule has 3 aromatic rings. The number of aromatic nitrogens is 3. The number of aromatic amines is 1. The quantitative estimate of drug-likeness (QED) is 0.668. The van der Waals surface area contributed by atoms with E-state index in [0.717, 1.165) is 28.7 Å². The molecule has 3 rings (SSSR count). The van der Waals surface area contributed by atoms with Crippen LogP contribution in [0.25, 0.3) is 10.8 Å². The second-order valence-electron chi connectivity index (χ2n) is 6.03. The number of amides is 1. The number of rotatable bonds is 6. The van der Waals surface area contributed by atoms with Gasteiger partial charge in [0, 0.05) is 17.5 Å². The fourth-order valence-electron chi connectivity index (χ4n) is 2.47. The molecule has 1 heterocycles. The maximum absolute atomic E-state index is 12.2. The van der Waals surface area contributed by atoms with Crippen LogP contribution in [-0.2, 0) is 11.2 Å². The molecule has 0 fully saturated rings. The maximum Gasteiger partial charge on any atom is 0.234 e. The van der Waals surface area contributed by atoms with Crippen LogP contribution < -0.4 is 5.32 Å². The zero-order valence-electron chi connectivity index (χ0n) is 13.7. The van der Waals surface area contributed by atoms with Crippen LogP contribution in [0.15, 0.2) is 47.6 Å². The Bertz CT molecular complexity index is 838. The number of hydrogen-bond acceptors (Lipinski definition) is 4. The van der Waals surface area contributed by atoms with Crippen molar-refractivity contribution >= 4 is 34.1 Å². The van der Waals surface area contributed by atoms with Crippen LogP contribution >= 0.6 is 11.8 Å². The van der Waals surface area contributed by atoms with Crippen molar-refractivity contribution in [2.75, 3.05) is 11.1 Å². The third-order valence-corrected chi connectivity index (χ3v) is 4.36. The van der Waals surface area contributed by atoms with Crippen LogP contribution in [0, 0.1) is 5.92 Å². The number of carbonyl (C=O) groups excluding carboxylic acids is 1. The number of hydrogen-bond donors (Lipinski definition) is 2. The van der Waals surface area contributed by atoms with Gasteiger partial charge in [0.25, 0.3) is 0 Å². The topological polar surface area (TPSA) is 70.7 Å². The second kappa shape index (κ2) is 7.49. The minimum atomic E-state index is -0.0634. The molecule has 0 aliphatic heterocycles. The van der Waals surface area contributed by atoms with E-state index < -0.39 is 0 Å². The number of benzene rings is 2. The van der Waals surface area contributed by atoms with Crippen LogP contribution in [0.5, 0.6) is 0 Å². The molecule has 0 atom stereocenters. The summed E-state index contributed by atoms with van der Waals surface area (Å²) in [5.41, 5.74) is 0.828. The number of carbonyl (C=O) groups is 1. The molecule has 0 saturated carbocycles. The van der Waals surface area contributed by atoms with Crippen molar-refractivity contribution in [1.82, 2.24) is 15.2 Å². The molecular formula is C18H20N4OS. The molecule has 5 nitrogen and oxygen atoms in total. The number of nitrogens with one attached hydrogen (secondary N) is 2. The van der Waals surface area contributed by atoms with Crippen LogP contribution in [0.3, 0.4) is 0 Å². The molecule has 2 aromatic carbocycles. The van der Waals surface area contributed by atoms with Gasteiger partial charge < -0.3 is 5.32 Å². The van der Waals surface area contributed by atoms with Crippen LogP contribution in [0.2, 0.25) is 0 Å². The third kappa shape index (κ3) is 4.14. The van der Waals surface area contributed by atoms with Crippen molar-refractivity contribution in [3.05, 3.63) is 48.3 Å². The van der Waals surface area contributed by atoms with E-state index in [0.29, 0.717) is 11.1 Å². The van der Waals surface area contributed by atoms with Crippen LogP contribution in [-0.4, -0.2) is 26.8 Å². The molecule has 0 radical (unpaired) electrons. The highest BCUT2D eigenvalue weighted by Crippen LogP contribution is 2.23. The Morgan fingerprint density at radius 2 is 2.00 bits per heavy atom. The molecule has 0 aliphatic rings. The van der Waals surface area contributed by atoms with Gasteiger partial charge in [0.15, 0.2) is 0 Å². The Morgan fingerprint density at radius 1 is 1.21 bits per heavy atom. The first-order chi connectivity index (χ1) is 11.6. The molecule has 1 amide bonds. The monoisotopic (exact) mass is 340 g/mol. The molecule has 0 spiro atoms. The number of fused-ring (bicyclic) bond motifs is 1. The normalized spacial score (nSPS) is 11.1. The van der Waals surface area contributed by atoms with Gasteiger partial charge >= 0.3 is 0 Å². The summed E-state index contributed by atoms with van der Waals surface area (Å²) in [6.07, 6.45) is 0.857. The Balaban J connectivity index is 1.60. The Labute approximate surface area is 145 Å². The van der Waals surface area contributed by atoms with E-state index in [4.69, 9.17) is 0 Å². The van der Waals surface area contributed by atoms with E-state index in [1.165, 1.54) is 11.8 Å². The van der Waals surface area contributed by atoms with E-state index in [1.807, 2.05) is 42.5 Å². The van der Waals surface area contributed by atoms with Crippen LogP contribution in [0.4, 0.5) is 5.69 Å². The number of thioether (sulfide) groups is 1.